The predicted molar refractivity (Wildman–Crippen MR) is 96.1 cm³/mol. The van der Waals surface area contributed by atoms with Crippen LogP contribution in [0.15, 0.2) is 28.8 Å². The summed E-state index contributed by atoms with van der Waals surface area (Å²) in [6.07, 6.45) is 0.360. The van der Waals surface area contributed by atoms with Gasteiger partial charge >= 0.3 is 6.09 Å². The van der Waals surface area contributed by atoms with Crippen molar-refractivity contribution in [3.8, 4) is 11.4 Å². The van der Waals surface area contributed by atoms with Crippen molar-refractivity contribution in [3.05, 3.63) is 36.0 Å². The van der Waals surface area contributed by atoms with Gasteiger partial charge in [-0.15, -0.1) is 0 Å². The van der Waals surface area contributed by atoms with Gasteiger partial charge in [0.2, 0.25) is 11.7 Å². The summed E-state index contributed by atoms with van der Waals surface area (Å²) >= 11 is 0. The molecule has 0 aliphatic heterocycles. The minimum absolute atomic E-state index is 0.00349. The number of carbonyl (C=O) groups is 1. The number of aromatic nitrogens is 2. The van der Waals surface area contributed by atoms with Gasteiger partial charge in [0.25, 0.3) is 0 Å². The third kappa shape index (κ3) is 6.97. The summed E-state index contributed by atoms with van der Waals surface area (Å²) in [4.78, 5) is 16.2. The third-order valence-corrected chi connectivity index (χ3v) is 4.27. The number of sulfone groups is 1. The minimum Gasteiger partial charge on any atom is -0.444 e. The largest absolute Gasteiger partial charge is 0.444 e. The number of hydrogen-bond donors (Lipinski definition) is 1. The molecule has 1 atom stereocenters. The summed E-state index contributed by atoms with van der Waals surface area (Å²) in [7, 11) is -3.28. The first-order valence-electron chi connectivity index (χ1n) is 8.20. The van der Waals surface area contributed by atoms with Crippen LogP contribution in [0, 0.1) is 5.82 Å². The van der Waals surface area contributed by atoms with Crippen LogP contribution in [0.1, 0.15) is 39.1 Å². The number of carbonyl (C=O) groups excluding carboxylic acids is 1. The van der Waals surface area contributed by atoms with Gasteiger partial charge in [-0.1, -0.05) is 17.3 Å². The van der Waals surface area contributed by atoms with Crippen molar-refractivity contribution in [1.82, 2.24) is 15.5 Å². The van der Waals surface area contributed by atoms with Gasteiger partial charge in [-0.05, 0) is 39.3 Å². The number of alkyl carbamates (subject to hydrolysis) is 1. The van der Waals surface area contributed by atoms with E-state index >= 15 is 0 Å². The number of amides is 1. The van der Waals surface area contributed by atoms with Crippen LogP contribution in [0.4, 0.5) is 9.18 Å². The van der Waals surface area contributed by atoms with Gasteiger partial charge in [0.1, 0.15) is 27.3 Å². The SMILES string of the molecule is CC(C)(C)OC(=O)NC(CCS(C)(=O)=O)c1nc(-c2cccc(F)c2)no1. The lowest BCUT2D eigenvalue weighted by Crippen LogP contribution is -2.35. The fourth-order valence-electron chi connectivity index (χ4n) is 2.16. The quantitative estimate of drug-likeness (QED) is 0.795. The molecular formula is C17H22FN3O5S. The highest BCUT2D eigenvalue weighted by Crippen LogP contribution is 2.22. The van der Waals surface area contributed by atoms with Gasteiger partial charge in [0.05, 0.1) is 5.75 Å². The highest BCUT2D eigenvalue weighted by Gasteiger charge is 2.26. The Morgan fingerprint density at radius 3 is 2.67 bits per heavy atom. The van der Waals surface area contributed by atoms with Gasteiger partial charge in [-0.3, -0.25) is 0 Å². The Bertz CT molecular complexity index is 905. The molecule has 0 aliphatic rings. The molecule has 2 rings (SSSR count). The second-order valence-electron chi connectivity index (χ2n) is 7.08. The molecule has 0 aliphatic carbocycles. The first kappa shape index (κ1) is 20.8. The van der Waals surface area contributed by atoms with Crippen molar-refractivity contribution < 1.29 is 26.9 Å². The van der Waals surface area contributed by atoms with Gasteiger partial charge in [-0.2, -0.15) is 4.98 Å². The Labute approximate surface area is 157 Å². The van der Waals surface area contributed by atoms with E-state index in [2.05, 4.69) is 15.5 Å². The molecule has 0 spiro atoms. The van der Waals surface area contributed by atoms with Gasteiger partial charge in [-0.25, -0.2) is 17.6 Å². The topological polar surface area (TPSA) is 111 Å². The molecule has 0 bridgehead atoms. The van der Waals surface area contributed by atoms with E-state index in [1.807, 2.05) is 0 Å². The molecule has 0 radical (unpaired) electrons. The van der Waals surface area contributed by atoms with E-state index in [1.165, 1.54) is 18.2 Å². The van der Waals surface area contributed by atoms with Crippen LogP contribution in [0.2, 0.25) is 0 Å². The van der Waals surface area contributed by atoms with E-state index in [1.54, 1.807) is 26.8 Å². The summed E-state index contributed by atoms with van der Waals surface area (Å²) in [5.74, 6) is -0.534. The van der Waals surface area contributed by atoms with Crippen molar-refractivity contribution in [1.29, 1.82) is 0 Å². The summed E-state index contributed by atoms with van der Waals surface area (Å²) in [5.41, 5.74) is -0.336. The summed E-state index contributed by atoms with van der Waals surface area (Å²) in [5, 5.41) is 6.32. The van der Waals surface area contributed by atoms with Crippen LogP contribution >= 0.6 is 0 Å². The van der Waals surface area contributed by atoms with E-state index in [4.69, 9.17) is 9.26 Å². The van der Waals surface area contributed by atoms with Crippen LogP contribution < -0.4 is 5.32 Å². The van der Waals surface area contributed by atoms with Gasteiger partial charge in [0, 0.05) is 11.8 Å². The van der Waals surface area contributed by atoms with E-state index < -0.39 is 33.4 Å². The molecular weight excluding hydrogens is 377 g/mol. The summed E-state index contributed by atoms with van der Waals surface area (Å²) in [6.45, 7) is 5.10. The Morgan fingerprint density at radius 1 is 1.37 bits per heavy atom. The van der Waals surface area contributed by atoms with Crippen LogP contribution in [0.5, 0.6) is 0 Å². The number of benzene rings is 1. The molecule has 148 valence electrons. The molecule has 0 fully saturated rings. The van der Waals surface area contributed by atoms with Gasteiger partial charge in [0.15, 0.2) is 0 Å². The molecule has 1 N–H and O–H groups in total. The molecule has 1 aromatic heterocycles. The average Bonchev–Trinajstić information content (AvgIpc) is 2.98. The highest BCUT2D eigenvalue weighted by molar-refractivity contribution is 7.90. The monoisotopic (exact) mass is 399 g/mol. The molecule has 10 heteroatoms. The molecule has 0 saturated heterocycles. The van der Waals surface area contributed by atoms with Gasteiger partial charge < -0.3 is 14.6 Å². The van der Waals surface area contributed by atoms with Crippen molar-refractivity contribution in [2.75, 3.05) is 12.0 Å². The first-order chi connectivity index (χ1) is 12.4. The normalized spacial score (nSPS) is 13.2. The van der Waals surface area contributed by atoms with Crippen molar-refractivity contribution in [3.63, 3.8) is 0 Å². The molecule has 1 heterocycles. The Kier molecular flexibility index (Phi) is 6.19. The van der Waals surface area contributed by atoms with Crippen LogP contribution in [0.25, 0.3) is 11.4 Å². The number of ether oxygens (including phenoxy) is 1. The molecule has 8 nitrogen and oxygen atoms in total. The number of halogens is 1. The second kappa shape index (κ2) is 8.03. The summed E-state index contributed by atoms with van der Waals surface area (Å²) in [6, 6.07) is 4.75. The van der Waals surface area contributed by atoms with Crippen LogP contribution in [0.3, 0.4) is 0 Å². The fourth-order valence-corrected chi connectivity index (χ4v) is 2.82. The first-order valence-corrected chi connectivity index (χ1v) is 10.3. The number of hydrogen-bond acceptors (Lipinski definition) is 7. The van der Waals surface area contributed by atoms with Crippen molar-refractivity contribution >= 4 is 15.9 Å². The lowest BCUT2D eigenvalue weighted by Gasteiger charge is -2.22. The third-order valence-electron chi connectivity index (χ3n) is 3.29. The number of nitrogens with zero attached hydrogens (tertiary/aromatic N) is 2. The van der Waals surface area contributed by atoms with Crippen LogP contribution in [-0.2, 0) is 14.6 Å². The lowest BCUT2D eigenvalue weighted by atomic mass is 10.2. The lowest BCUT2D eigenvalue weighted by molar-refractivity contribution is 0.0492. The second-order valence-corrected chi connectivity index (χ2v) is 9.34. The molecule has 1 aromatic carbocycles. The number of rotatable bonds is 6. The maximum Gasteiger partial charge on any atom is 0.408 e. The zero-order chi connectivity index (χ0) is 20.2. The van der Waals surface area contributed by atoms with E-state index in [9.17, 15) is 17.6 Å². The Balaban J connectivity index is 2.23. The predicted octanol–water partition coefficient (Wildman–Crippen LogP) is 2.88. The molecule has 2 aromatic rings. The van der Waals surface area contributed by atoms with Crippen molar-refractivity contribution in [2.45, 2.75) is 38.8 Å². The van der Waals surface area contributed by atoms with E-state index in [0.717, 1.165) is 6.26 Å². The molecule has 27 heavy (non-hydrogen) atoms. The summed E-state index contributed by atoms with van der Waals surface area (Å²) < 4.78 is 46.7. The fraction of sp³-hybridized carbons (Fsp3) is 0.471. The highest BCUT2D eigenvalue weighted by atomic mass is 32.2. The molecule has 0 saturated carbocycles. The Hall–Kier alpha value is -2.49. The average molecular weight is 399 g/mol. The molecule has 1 amide bonds. The maximum absolute atomic E-state index is 13.4. The zero-order valence-electron chi connectivity index (χ0n) is 15.5. The maximum atomic E-state index is 13.4. The molecule has 1 unspecified atom stereocenters. The zero-order valence-corrected chi connectivity index (χ0v) is 16.3. The van der Waals surface area contributed by atoms with Crippen LogP contribution in [-0.4, -0.2) is 42.3 Å². The standard InChI is InChI=1S/C17H22FN3O5S/c1-17(2,3)25-16(22)19-13(8-9-27(4,23)24)15-20-14(21-26-15)11-6-5-7-12(18)10-11/h5-7,10,13H,8-9H2,1-4H3,(H,19,22). The smallest absolute Gasteiger partial charge is 0.408 e. The number of nitrogens with one attached hydrogen (secondary N) is 1. The van der Waals surface area contributed by atoms with Crippen molar-refractivity contribution in [2.24, 2.45) is 0 Å². The van der Waals surface area contributed by atoms with E-state index in [0.29, 0.717) is 5.56 Å². The van der Waals surface area contributed by atoms with E-state index in [-0.39, 0.29) is 23.9 Å². The minimum atomic E-state index is -3.28. The Morgan fingerprint density at radius 2 is 2.07 bits per heavy atom.